The fraction of sp³-hybridized carbons (Fsp3) is 0.211. The molecule has 6 nitrogen and oxygen atoms in total. The molecule has 3 rings (SSSR count). The molecule has 0 bridgehead atoms. The zero-order valence-corrected chi connectivity index (χ0v) is 15.6. The highest BCUT2D eigenvalue weighted by atomic mass is 32.1. The van der Waals surface area contributed by atoms with Crippen LogP contribution in [-0.2, 0) is 5.41 Å². The SMILES string of the molecule is CC(C)(C)c1ccc(-c2n[nH]c(=S)n2/N=C\c2ccc(O)cc2O)cc1. The highest BCUT2D eigenvalue weighted by Gasteiger charge is 2.14. The Balaban J connectivity index is 1.97. The molecule has 3 N–H and O–H groups in total. The first-order valence-electron chi connectivity index (χ1n) is 8.10. The number of H-pyrrole nitrogens is 1. The van der Waals surface area contributed by atoms with E-state index < -0.39 is 0 Å². The predicted octanol–water partition coefficient (Wildman–Crippen LogP) is 4.20. The van der Waals surface area contributed by atoms with Gasteiger partial charge in [-0.3, -0.25) is 0 Å². The third-order valence-electron chi connectivity index (χ3n) is 3.99. The molecule has 0 aliphatic heterocycles. The van der Waals surface area contributed by atoms with Gasteiger partial charge in [0.1, 0.15) is 11.5 Å². The molecule has 7 heteroatoms. The molecule has 0 saturated carbocycles. The summed E-state index contributed by atoms with van der Waals surface area (Å²) in [6, 6.07) is 12.4. The summed E-state index contributed by atoms with van der Waals surface area (Å²) in [5.74, 6) is 0.490. The molecule has 0 amide bonds. The monoisotopic (exact) mass is 368 g/mol. The third kappa shape index (κ3) is 3.67. The van der Waals surface area contributed by atoms with Crippen LogP contribution in [0, 0.1) is 4.77 Å². The van der Waals surface area contributed by atoms with Gasteiger partial charge >= 0.3 is 0 Å². The molecule has 0 unspecified atom stereocenters. The Morgan fingerprint density at radius 1 is 1.12 bits per heavy atom. The summed E-state index contributed by atoms with van der Waals surface area (Å²) in [6.07, 6.45) is 1.47. The number of hydrogen-bond donors (Lipinski definition) is 3. The van der Waals surface area contributed by atoms with Gasteiger partial charge in [-0.25, -0.2) is 5.10 Å². The first-order chi connectivity index (χ1) is 12.3. The van der Waals surface area contributed by atoms with Crippen LogP contribution in [0.5, 0.6) is 11.5 Å². The Bertz CT molecular complexity index is 1010. The largest absolute Gasteiger partial charge is 0.508 e. The summed E-state index contributed by atoms with van der Waals surface area (Å²) in [4.78, 5) is 0. The highest BCUT2D eigenvalue weighted by molar-refractivity contribution is 7.71. The first-order valence-corrected chi connectivity index (χ1v) is 8.51. The second kappa shape index (κ2) is 6.76. The molecule has 134 valence electrons. The van der Waals surface area contributed by atoms with Crippen LogP contribution in [0.15, 0.2) is 47.6 Å². The van der Waals surface area contributed by atoms with Gasteiger partial charge in [0.15, 0.2) is 5.82 Å². The molecule has 0 saturated heterocycles. The number of aromatic nitrogens is 3. The number of benzene rings is 2. The Hall–Kier alpha value is -2.93. The standard InChI is InChI=1S/C19H20N4O2S/c1-19(2,3)14-7-4-12(5-8-14)17-21-22-18(26)23(17)20-11-13-6-9-15(24)10-16(13)25/h4-11,24-25H,1-3H3,(H,22,26)/b20-11-. The van der Waals surface area contributed by atoms with E-state index in [0.29, 0.717) is 16.2 Å². The van der Waals surface area contributed by atoms with Crippen LogP contribution in [-0.4, -0.2) is 31.3 Å². The lowest BCUT2D eigenvalue weighted by atomic mass is 9.87. The topological polar surface area (TPSA) is 86.4 Å². The minimum Gasteiger partial charge on any atom is -0.508 e. The highest BCUT2D eigenvalue weighted by Crippen LogP contribution is 2.26. The van der Waals surface area contributed by atoms with Gasteiger partial charge in [-0.1, -0.05) is 45.0 Å². The first kappa shape index (κ1) is 17.9. The van der Waals surface area contributed by atoms with Crippen LogP contribution in [0.2, 0.25) is 0 Å². The second-order valence-electron chi connectivity index (χ2n) is 6.98. The van der Waals surface area contributed by atoms with Crippen LogP contribution < -0.4 is 0 Å². The number of hydrogen-bond acceptors (Lipinski definition) is 5. The van der Waals surface area contributed by atoms with E-state index in [1.54, 1.807) is 6.07 Å². The van der Waals surface area contributed by atoms with E-state index in [1.165, 1.54) is 28.6 Å². The summed E-state index contributed by atoms with van der Waals surface area (Å²) in [5, 5.41) is 30.6. The Morgan fingerprint density at radius 3 is 2.42 bits per heavy atom. The fourth-order valence-electron chi connectivity index (χ4n) is 2.47. The number of rotatable bonds is 3. The number of aromatic hydroxyl groups is 2. The minimum absolute atomic E-state index is 0.0146. The molecule has 26 heavy (non-hydrogen) atoms. The molecule has 1 aromatic heterocycles. The van der Waals surface area contributed by atoms with Crippen molar-refractivity contribution in [1.29, 1.82) is 0 Å². The Kier molecular flexibility index (Phi) is 4.65. The van der Waals surface area contributed by atoms with Gasteiger partial charge in [-0.15, -0.1) is 0 Å². The van der Waals surface area contributed by atoms with E-state index in [0.717, 1.165) is 5.56 Å². The normalized spacial score (nSPS) is 12.0. The minimum atomic E-state index is -0.0696. The second-order valence-corrected chi connectivity index (χ2v) is 7.37. The van der Waals surface area contributed by atoms with Crippen molar-refractivity contribution in [2.24, 2.45) is 5.10 Å². The number of nitrogens with zero attached hydrogens (tertiary/aromatic N) is 3. The smallest absolute Gasteiger partial charge is 0.216 e. The van der Waals surface area contributed by atoms with Gasteiger partial charge in [-0.05, 0) is 35.3 Å². The van der Waals surface area contributed by atoms with E-state index in [-0.39, 0.29) is 16.9 Å². The van der Waals surface area contributed by atoms with Crippen LogP contribution in [0.4, 0.5) is 0 Å². The summed E-state index contributed by atoms with van der Waals surface area (Å²) < 4.78 is 1.84. The molecule has 1 heterocycles. The van der Waals surface area contributed by atoms with Gasteiger partial charge in [0.25, 0.3) is 0 Å². The van der Waals surface area contributed by atoms with Gasteiger partial charge in [0.05, 0.1) is 6.21 Å². The van der Waals surface area contributed by atoms with Gasteiger partial charge < -0.3 is 10.2 Å². The van der Waals surface area contributed by atoms with Gasteiger partial charge in [-0.2, -0.15) is 14.9 Å². The fourth-order valence-corrected chi connectivity index (χ4v) is 2.65. The van der Waals surface area contributed by atoms with E-state index in [1.807, 2.05) is 12.1 Å². The van der Waals surface area contributed by atoms with Crippen LogP contribution in [0.1, 0.15) is 31.9 Å². The maximum Gasteiger partial charge on any atom is 0.216 e. The van der Waals surface area contributed by atoms with Crippen molar-refractivity contribution in [1.82, 2.24) is 14.9 Å². The summed E-state index contributed by atoms with van der Waals surface area (Å²) in [6.45, 7) is 6.48. The summed E-state index contributed by atoms with van der Waals surface area (Å²) in [5.41, 5.74) is 2.62. The van der Waals surface area contributed by atoms with Crippen molar-refractivity contribution < 1.29 is 10.2 Å². The predicted molar refractivity (Wildman–Crippen MR) is 104 cm³/mol. The molecule has 3 aromatic rings. The molecule has 0 radical (unpaired) electrons. The number of nitrogens with one attached hydrogen (secondary N) is 1. The zero-order chi connectivity index (χ0) is 18.9. The van der Waals surface area contributed by atoms with Crippen LogP contribution in [0.3, 0.4) is 0 Å². The molecular formula is C19H20N4O2S. The van der Waals surface area contributed by atoms with Gasteiger partial charge in [0, 0.05) is 17.2 Å². The van der Waals surface area contributed by atoms with E-state index >= 15 is 0 Å². The number of phenolic OH excluding ortho intramolecular Hbond substituents is 2. The lowest BCUT2D eigenvalue weighted by Gasteiger charge is -2.18. The number of phenols is 2. The van der Waals surface area contributed by atoms with Crippen molar-refractivity contribution >= 4 is 18.4 Å². The lowest BCUT2D eigenvalue weighted by molar-refractivity contribution is 0.450. The lowest BCUT2D eigenvalue weighted by Crippen LogP contribution is -2.10. The van der Waals surface area contributed by atoms with Crippen LogP contribution >= 0.6 is 12.2 Å². The molecule has 2 aromatic carbocycles. The molecule has 0 atom stereocenters. The molecule has 0 aliphatic rings. The van der Waals surface area contributed by atoms with Crippen molar-refractivity contribution in [3.63, 3.8) is 0 Å². The van der Waals surface area contributed by atoms with Crippen molar-refractivity contribution in [3.8, 4) is 22.9 Å². The molecule has 0 aliphatic carbocycles. The van der Waals surface area contributed by atoms with E-state index in [2.05, 4.69) is 48.2 Å². The summed E-state index contributed by atoms with van der Waals surface area (Å²) >= 11 is 5.26. The Labute approximate surface area is 156 Å². The average molecular weight is 368 g/mol. The maximum absolute atomic E-state index is 9.87. The van der Waals surface area contributed by atoms with Crippen molar-refractivity contribution in [2.75, 3.05) is 0 Å². The van der Waals surface area contributed by atoms with Crippen LogP contribution in [0.25, 0.3) is 11.4 Å². The van der Waals surface area contributed by atoms with Crippen molar-refractivity contribution in [2.45, 2.75) is 26.2 Å². The molecule has 0 spiro atoms. The van der Waals surface area contributed by atoms with E-state index in [9.17, 15) is 10.2 Å². The quantitative estimate of drug-likeness (QED) is 0.478. The maximum atomic E-state index is 9.87. The molecular weight excluding hydrogens is 348 g/mol. The summed E-state index contributed by atoms with van der Waals surface area (Å²) in [7, 11) is 0. The average Bonchev–Trinajstić information content (AvgIpc) is 2.94. The zero-order valence-electron chi connectivity index (χ0n) is 14.8. The van der Waals surface area contributed by atoms with Gasteiger partial charge in [0.2, 0.25) is 4.77 Å². The third-order valence-corrected chi connectivity index (χ3v) is 4.25. The molecule has 0 fully saturated rings. The Morgan fingerprint density at radius 2 is 1.81 bits per heavy atom. The van der Waals surface area contributed by atoms with E-state index in [4.69, 9.17) is 12.2 Å². The number of aromatic amines is 1. The van der Waals surface area contributed by atoms with Crippen molar-refractivity contribution in [3.05, 3.63) is 58.4 Å².